The summed E-state index contributed by atoms with van der Waals surface area (Å²) >= 11 is 0. The number of ether oxygens (including phenoxy) is 2. The number of benzene rings is 3. The lowest BCUT2D eigenvalue weighted by molar-refractivity contribution is 0.102. The molecule has 1 amide bonds. The summed E-state index contributed by atoms with van der Waals surface area (Å²) < 4.78 is 31.5. The maximum absolute atomic E-state index is 13.6. The molecule has 0 spiro atoms. The molecular weight excluding hydrogens is 502 g/mol. The van der Waals surface area contributed by atoms with Crippen molar-refractivity contribution in [1.82, 2.24) is 10.2 Å². The van der Waals surface area contributed by atoms with E-state index in [0.29, 0.717) is 33.2 Å². The fraction of sp³-hybridized carbons (Fsp3) is 0.143. The predicted molar refractivity (Wildman–Crippen MR) is 144 cm³/mol. The Balaban J connectivity index is 1.81. The number of nitriles is 1. The summed E-state index contributed by atoms with van der Waals surface area (Å²) in [5, 5.41) is 20.6. The van der Waals surface area contributed by atoms with Crippen molar-refractivity contribution in [2.45, 2.75) is 18.7 Å². The van der Waals surface area contributed by atoms with Crippen molar-refractivity contribution in [3.05, 3.63) is 89.0 Å². The molecule has 0 radical (unpaired) electrons. The van der Waals surface area contributed by atoms with Crippen LogP contribution in [0.25, 0.3) is 11.3 Å². The van der Waals surface area contributed by atoms with Crippen molar-refractivity contribution in [3.63, 3.8) is 0 Å². The van der Waals surface area contributed by atoms with Crippen LogP contribution in [0.1, 0.15) is 27.0 Å². The van der Waals surface area contributed by atoms with Crippen LogP contribution in [-0.2, 0) is 9.73 Å². The highest BCUT2D eigenvalue weighted by Gasteiger charge is 2.24. The van der Waals surface area contributed by atoms with Crippen molar-refractivity contribution >= 4 is 21.3 Å². The lowest BCUT2D eigenvalue weighted by atomic mass is 10.0. The molecule has 1 heterocycles. The van der Waals surface area contributed by atoms with E-state index in [1.54, 1.807) is 37.3 Å². The number of methoxy groups -OCH3 is 1. The van der Waals surface area contributed by atoms with Crippen molar-refractivity contribution in [2.75, 3.05) is 18.7 Å². The van der Waals surface area contributed by atoms with Crippen LogP contribution in [0.4, 0.5) is 5.69 Å². The van der Waals surface area contributed by atoms with E-state index in [-0.39, 0.29) is 17.2 Å². The van der Waals surface area contributed by atoms with Gasteiger partial charge in [0.25, 0.3) is 11.8 Å². The minimum Gasteiger partial charge on any atom is -0.493 e. The smallest absolute Gasteiger partial charge is 0.261 e. The van der Waals surface area contributed by atoms with Crippen molar-refractivity contribution in [1.29, 1.82) is 10.0 Å². The molecule has 0 fully saturated rings. The van der Waals surface area contributed by atoms with Crippen LogP contribution in [0.3, 0.4) is 0 Å². The van der Waals surface area contributed by atoms with E-state index in [0.717, 1.165) is 11.1 Å². The largest absolute Gasteiger partial charge is 0.493 e. The Morgan fingerprint density at radius 3 is 2.42 bits per heavy atom. The van der Waals surface area contributed by atoms with Gasteiger partial charge < -0.3 is 14.8 Å². The quantitative estimate of drug-likeness (QED) is 0.313. The molecule has 4 aromatic rings. The van der Waals surface area contributed by atoms with Gasteiger partial charge in [-0.05, 0) is 49.7 Å². The second-order valence-electron chi connectivity index (χ2n) is 8.62. The summed E-state index contributed by atoms with van der Waals surface area (Å²) in [5.41, 5.74) is 3.77. The molecule has 0 unspecified atom stereocenters. The van der Waals surface area contributed by atoms with Crippen LogP contribution in [-0.4, -0.2) is 33.7 Å². The normalized spacial score (nSPS) is 12.2. The molecule has 0 aliphatic heterocycles. The molecule has 2 N–H and O–H groups in total. The predicted octanol–water partition coefficient (Wildman–Crippen LogP) is 5.72. The Morgan fingerprint density at radius 2 is 1.76 bits per heavy atom. The molecule has 10 heteroatoms. The van der Waals surface area contributed by atoms with Gasteiger partial charge >= 0.3 is 0 Å². The highest BCUT2D eigenvalue weighted by molar-refractivity contribution is 7.91. The molecular formula is C28H25N5O4S. The zero-order valence-corrected chi connectivity index (χ0v) is 22.1. The van der Waals surface area contributed by atoms with Gasteiger partial charge in [0.15, 0.2) is 11.5 Å². The number of aryl methyl sites for hydroxylation is 1. The number of amides is 1. The summed E-state index contributed by atoms with van der Waals surface area (Å²) in [6, 6.07) is 20.7. The van der Waals surface area contributed by atoms with Gasteiger partial charge in [-0.25, -0.2) is 8.99 Å². The van der Waals surface area contributed by atoms with Crippen LogP contribution in [0.15, 0.2) is 71.6 Å². The molecule has 0 bridgehead atoms. The lowest BCUT2D eigenvalue weighted by Crippen LogP contribution is -2.17. The van der Waals surface area contributed by atoms with E-state index >= 15 is 0 Å². The third-order valence-electron chi connectivity index (χ3n) is 5.78. The number of hydrogen-bond acceptors (Lipinski definition) is 8. The molecule has 4 rings (SSSR count). The van der Waals surface area contributed by atoms with Crippen molar-refractivity contribution in [3.8, 4) is 34.7 Å². The van der Waals surface area contributed by atoms with Crippen molar-refractivity contribution in [2.24, 2.45) is 0 Å². The first-order valence-electron chi connectivity index (χ1n) is 11.5. The van der Waals surface area contributed by atoms with Crippen LogP contribution in [0.5, 0.6) is 17.4 Å². The molecule has 0 aliphatic rings. The molecule has 3 aromatic carbocycles. The van der Waals surface area contributed by atoms with Gasteiger partial charge in [0, 0.05) is 28.5 Å². The molecule has 38 heavy (non-hydrogen) atoms. The van der Waals surface area contributed by atoms with Crippen molar-refractivity contribution < 1.29 is 18.5 Å². The van der Waals surface area contributed by atoms with Crippen LogP contribution in [0.2, 0.25) is 0 Å². The van der Waals surface area contributed by atoms with Gasteiger partial charge in [-0.1, -0.05) is 35.9 Å². The third-order valence-corrected chi connectivity index (χ3v) is 6.93. The highest BCUT2D eigenvalue weighted by atomic mass is 32.2. The second-order valence-corrected chi connectivity index (χ2v) is 10.8. The summed E-state index contributed by atoms with van der Waals surface area (Å²) in [5.74, 6) is -0.0505. The number of hydrogen-bond donors (Lipinski definition) is 2. The Bertz CT molecular complexity index is 1680. The maximum atomic E-state index is 13.6. The molecule has 192 valence electrons. The van der Waals surface area contributed by atoms with Gasteiger partial charge in [0.1, 0.15) is 5.56 Å². The minimum absolute atomic E-state index is 0.0604. The molecule has 0 saturated carbocycles. The van der Waals surface area contributed by atoms with E-state index in [1.165, 1.54) is 25.5 Å². The summed E-state index contributed by atoms with van der Waals surface area (Å²) in [6.45, 7) is 3.73. The minimum atomic E-state index is -2.98. The number of nitrogens with one attached hydrogen (secondary N) is 2. The number of carbonyl (C=O) groups is 1. The topological polar surface area (TPSA) is 138 Å². The van der Waals surface area contributed by atoms with E-state index in [2.05, 4.69) is 15.5 Å². The average molecular weight is 528 g/mol. The van der Waals surface area contributed by atoms with E-state index < -0.39 is 15.6 Å². The van der Waals surface area contributed by atoms with E-state index in [1.807, 2.05) is 37.3 Å². The fourth-order valence-corrected chi connectivity index (χ4v) is 4.45. The van der Waals surface area contributed by atoms with E-state index in [9.17, 15) is 14.3 Å². The first-order chi connectivity index (χ1) is 18.1. The van der Waals surface area contributed by atoms with Crippen LogP contribution >= 0.6 is 0 Å². The van der Waals surface area contributed by atoms with Crippen LogP contribution in [0, 0.1) is 30.0 Å². The maximum Gasteiger partial charge on any atom is 0.261 e. The molecule has 1 atom stereocenters. The lowest BCUT2D eigenvalue weighted by Gasteiger charge is -2.16. The molecule has 1 aromatic heterocycles. The Hall–Kier alpha value is -4.75. The zero-order chi connectivity index (χ0) is 27.4. The fourth-order valence-electron chi connectivity index (χ4n) is 3.76. The summed E-state index contributed by atoms with van der Waals surface area (Å²) in [6.07, 6.45) is 1.32. The summed E-state index contributed by atoms with van der Waals surface area (Å²) in [4.78, 5) is 13.9. The van der Waals surface area contributed by atoms with Gasteiger partial charge in [-0.3, -0.25) is 4.79 Å². The highest BCUT2D eigenvalue weighted by Crippen LogP contribution is 2.35. The third kappa shape index (κ3) is 5.63. The van der Waals surface area contributed by atoms with Crippen LogP contribution < -0.4 is 14.8 Å². The number of aromatic nitrogens is 2. The first-order valence-corrected chi connectivity index (χ1v) is 13.4. The molecule has 9 nitrogen and oxygen atoms in total. The standard InChI is InChI=1S/C28H25N5O4S/c1-17-8-11-20(12-9-17)26-18(2)25(27(34)31-21-6-5-7-22(15-21)38(4,30)35)28(33-32-26)37-23-13-10-19(16-29)14-24(23)36-3/h5-15,30H,1-4H3,(H,31,34)/t38-/m1/s1. The number of carbonyl (C=O) groups excluding carboxylic acids is 1. The summed E-state index contributed by atoms with van der Waals surface area (Å²) in [7, 11) is -1.53. The molecule has 0 aliphatic carbocycles. The second kappa shape index (κ2) is 10.7. The SMILES string of the molecule is COc1cc(C#N)ccc1Oc1nnc(-c2ccc(C)cc2)c(C)c1C(=O)Nc1cccc([S@](C)(=N)=O)c1. The first kappa shape index (κ1) is 26.3. The monoisotopic (exact) mass is 527 g/mol. The number of nitrogens with zero attached hydrogens (tertiary/aromatic N) is 3. The van der Waals surface area contributed by atoms with Gasteiger partial charge in [0.2, 0.25) is 0 Å². The van der Waals surface area contributed by atoms with Gasteiger partial charge in [0.05, 0.1) is 34.2 Å². The number of anilines is 1. The Morgan fingerprint density at radius 1 is 1.03 bits per heavy atom. The zero-order valence-electron chi connectivity index (χ0n) is 21.2. The average Bonchev–Trinajstić information content (AvgIpc) is 2.89. The van der Waals surface area contributed by atoms with E-state index in [4.69, 9.17) is 14.3 Å². The molecule has 0 saturated heterocycles. The number of rotatable bonds is 7. The van der Waals surface area contributed by atoms with Gasteiger partial charge in [-0.15, -0.1) is 10.2 Å². The van der Waals surface area contributed by atoms with Gasteiger partial charge in [-0.2, -0.15) is 5.26 Å². The Kier molecular flexibility index (Phi) is 7.41. The Labute approximate surface area is 221 Å².